The van der Waals surface area contributed by atoms with Gasteiger partial charge in [0.2, 0.25) is 0 Å². The van der Waals surface area contributed by atoms with Gasteiger partial charge in [-0.3, -0.25) is 9.59 Å². The zero-order valence-corrected chi connectivity index (χ0v) is 15.4. The van der Waals surface area contributed by atoms with E-state index in [2.05, 4.69) is 5.32 Å². The lowest BCUT2D eigenvalue weighted by molar-refractivity contribution is -0.137. The quantitative estimate of drug-likeness (QED) is 0.441. The van der Waals surface area contributed by atoms with E-state index in [0.717, 1.165) is 23.5 Å². The molecule has 0 bridgehead atoms. The van der Waals surface area contributed by atoms with Crippen molar-refractivity contribution in [2.45, 2.75) is 6.18 Å². The van der Waals surface area contributed by atoms with Gasteiger partial charge in [0, 0.05) is 0 Å². The number of carbonyl (C=O) groups excluding carboxylic acids is 2. The van der Waals surface area contributed by atoms with Gasteiger partial charge in [0.25, 0.3) is 5.91 Å². The van der Waals surface area contributed by atoms with E-state index in [4.69, 9.17) is 39.5 Å². The molecule has 1 aromatic carbocycles. The second-order valence-corrected chi connectivity index (χ2v) is 6.88. The molecule has 0 aliphatic heterocycles. The molecule has 2 aromatic rings. The topological polar surface area (TPSA) is 55.4 Å². The average Bonchev–Trinajstić information content (AvgIpc) is 3.01. The fourth-order valence-corrected chi connectivity index (χ4v) is 2.59. The molecular formula is C15H7Cl3F3NO3S. The van der Waals surface area contributed by atoms with E-state index in [1.165, 1.54) is 6.07 Å². The monoisotopic (exact) mass is 443 g/mol. The summed E-state index contributed by atoms with van der Waals surface area (Å²) < 4.78 is 43.7. The molecular weight excluding hydrogens is 438 g/mol. The van der Waals surface area contributed by atoms with Crippen LogP contribution in [0.2, 0.25) is 0 Å². The second kappa shape index (κ2) is 8.30. The van der Waals surface area contributed by atoms with E-state index in [1.54, 1.807) is 5.38 Å². The number of benzene rings is 1. The Morgan fingerprint density at radius 1 is 1.15 bits per heavy atom. The molecule has 11 heteroatoms. The minimum atomic E-state index is -4.65. The normalized spacial score (nSPS) is 11.0. The molecule has 0 radical (unpaired) electrons. The van der Waals surface area contributed by atoms with Crippen molar-refractivity contribution < 1.29 is 27.5 Å². The van der Waals surface area contributed by atoms with E-state index in [1.807, 2.05) is 0 Å². The summed E-state index contributed by atoms with van der Waals surface area (Å²) in [6.07, 6.45) is -4.12. The maximum absolute atomic E-state index is 12.9. The summed E-state index contributed by atoms with van der Waals surface area (Å²) in [5, 5.41) is 3.10. The van der Waals surface area contributed by atoms with Gasteiger partial charge in [0.05, 0.1) is 11.3 Å². The lowest BCUT2D eigenvalue weighted by Crippen LogP contribution is -2.14. The molecule has 1 amide bonds. The highest BCUT2D eigenvalue weighted by molar-refractivity contribution is 7.12. The molecule has 1 aromatic heterocycles. The number of ether oxygens (including phenoxy) is 1. The van der Waals surface area contributed by atoms with Gasteiger partial charge in [-0.05, 0) is 29.6 Å². The summed E-state index contributed by atoms with van der Waals surface area (Å²) in [5.41, 5.74) is -1.36. The van der Waals surface area contributed by atoms with E-state index in [0.29, 0.717) is 12.4 Å². The molecule has 0 aliphatic carbocycles. The van der Waals surface area contributed by atoms with Gasteiger partial charge in [-0.1, -0.05) is 34.8 Å². The minimum absolute atomic E-state index is 0.122. The van der Waals surface area contributed by atoms with Crippen molar-refractivity contribution in [2.24, 2.45) is 0 Å². The highest BCUT2D eigenvalue weighted by atomic mass is 35.5. The number of carbonyl (C=O) groups is 2. The van der Waals surface area contributed by atoms with Gasteiger partial charge in [-0.2, -0.15) is 13.2 Å². The standard InChI is InChI=1S/C15H7Cl3F3NO3S/c16-12(13(17)18)14(24)22-8-5-7(15(19,20)21)1-2-9(8)25-10-3-4-26-11(10)6-23/h1-6H,(H,22,24). The van der Waals surface area contributed by atoms with Gasteiger partial charge in [0.15, 0.2) is 12.0 Å². The number of hydrogen-bond donors (Lipinski definition) is 1. The van der Waals surface area contributed by atoms with Gasteiger partial charge in [-0.15, -0.1) is 11.3 Å². The molecule has 1 N–H and O–H groups in total. The molecule has 1 heterocycles. The minimum Gasteiger partial charge on any atom is -0.454 e. The highest BCUT2D eigenvalue weighted by Crippen LogP contribution is 2.38. The lowest BCUT2D eigenvalue weighted by Gasteiger charge is -2.15. The molecule has 0 atom stereocenters. The Hall–Kier alpha value is -1.74. The highest BCUT2D eigenvalue weighted by Gasteiger charge is 2.31. The number of aldehydes is 1. The molecule has 2 rings (SSSR count). The van der Waals surface area contributed by atoms with Crippen molar-refractivity contribution in [3.63, 3.8) is 0 Å². The van der Waals surface area contributed by atoms with Crippen molar-refractivity contribution in [3.05, 3.63) is 49.6 Å². The van der Waals surface area contributed by atoms with Crippen LogP contribution in [0.25, 0.3) is 0 Å². The second-order valence-electron chi connectivity index (χ2n) is 4.61. The zero-order valence-electron chi connectivity index (χ0n) is 12.4. The van der Waals surface area contributed by atoms with Crippen molar-refractivity contribution in [1.29, 1.82) is 0 Å². The molecule has 0 unspecified atom stereocenters. The summed E-state index contributed by atoms with van der Waals surface area (Å²) in [6.45, 7) is 0. The van der Waals surface area contributed by atoms with Crippen LogP contribution in [0, 0.1) is 0 Å². The van der Waals surface area contributed by atoms with Crippen LogP contribution >= 0.6 is 46.1 Å². The predicted molar refractivity (Wildman–Crippen MR) is 94.4 cm³/mol. The van der Waals surface area contributed by atoms with Crippen LogP contribution in [0.5, 0.6) is 11.5 Å². The third-order valence-corrected chi connectivity index (χ3v) is 4.66. The van der Waals surface area contributed by atoms with Crippen molar-refractivity contribution in [3.8, 4) is 11.5 Å². The van der Waals surface area contributed by atoms with E-state index < -0.39 is 27.2 Å². The van der Waals surface area contributed by atoms with Crippen LogP contribution in [0.15, 0.2) is 39.2 Å². The van der Waals surface area contributed by atoms with Gasteiger partial charge in [0.1, 0.15) is 20.2 Å². The van der Waals surface area contributed by atoms with Gasteiger partial charge < -0.3 is 10.1 Å². The van der Waals surface area contributed by atoms with E-state index in [-0.39, 0.29) is 22.1 Å². The van der Waals surface area contributed by atoms with Gasteiger partial charge >= 0.3 is 6.18 Å². The zero-order chi connectivity index (χ0) is 19.5. The van der Waals surface area contributed by atoms with E-state index >= 15 is 0 Å². The molecule has 138 valence electrons. The Labute approximate surface area is 164 Å². The van der Waals surface area contributed by atoms with Crippen molar-refractivity contribution >= 4 is 64.0 Å². The first kappa shape index (κ1) is 20.6. The first-order valence-corrected chi connectivity index (χ1v) is 8.58. The molecule has 0 saturated heterocycles. The predicted octanol–water partition coefficient (Wildman–Crippen LogP) is 6.20. The number of alkyl halides is 3. The largest absolute Gasteiger partial charge is 0.454 e. The smallest absolute Gasteiger partial charge is 0.416 e. The first-order valence-electron chi connectivity index (χ1n) is 6.57. The Kier molecular flexibility index (Phi) is 6.57. The maximum atomic E-state index is 12.9. The molecule has 26 heavy (non-hydrogen) atoms. The summed E-state index contributed by atoms with van der Waals surface area (Å²) in [4.78, 5) is 23.1. The fourth-order valence-electron chi connectivity index (χ4n) is 1.75. The Balaban J connectivity index is 2.45. The number of thiophene rings is 1. The number of nitrogens with one attached hydrogen (secondary N) is 1. The maximum Gasteiger partial charge on any atom is 0.416 e. The number of anilines is 1. The van der Waals surface area contributed by atoms with Crippen molar-refractivity contribution in [2.75, 3.05) is 5.32 Å². The Bertz CT molecular complexity index is 877. The van der Waals surface area contributed by atoms with Crippen LogP contribution < -0.4 is 10.1 Å². The lowest BCUT2D eigenvalue weighted by atomic mass is 10.1. The van der Waals surface area contributed by atoms with Crippen LogP contribution in [0.1, 0.15) is 15.2 Å². The third-order valence-electron chi connectivity index (χ3n) is 2.90. The Morgan fingerprint density at radius 3 is 2.42 bits per heavy atom. The van der Waals surface area contributed by atoms with Crippen molar-refractivity contribution in [1.82, 2.24) is 0 Å². The average molecular weight is 445 g/mol. The SMILES string of the molecule is O=Cc1sccc1Oc1ccc(C(F)(F)F)cc1NC(=O)C(Cl)=C(Cl)Cl. The van der Waals surface area contributed by atoms with Crippen LogP contribution in [0.3, 0.4) is 0 Å². The molecule has 0 saturated carbocycles. The van der Waals surface area contributed by atoms with Crippen LogP contribution in [-0.4, -0.2) is 12.2 Å². The summed E-state index contributed by atoms with van der Waals surface area (Å²) in [6, 6.07) is 3.89. The fraction of sp³-hybridized carbons (Fsp3) is 0.0667. The molecule has 0 spiro atoms. The van der Waals surface area contributed by atoms with Gasteiger partial charge in [-0.25, -0.2) is 0 Å². The Morgan fingerprint density at radius 2 is 1.85 bits per heavy atom. The summed E-state index contributed by atoms with van der Waals surface area (Å²) >= 11 is 17.4. The first-order chi connectivity index (χ1) is 12.1. The molecule has 0 fully saturated rings. The summed E-state index contributed by atoms with van der Waals surface area (Å²) in [5.74, 6) is -1.04. The van der Waals surface area contributed by atoms with E-state index in [9.17, 15) is 22.8 Å². The molecule has 0 aliphatic rings. The van der Waals surface area contributed by atoms with Crippen LogP contribution in [-0.2, 0) is 11.0 Å². The number of rotatable bonds is 5. The summed E-state index contributed by atoms with van der Waals surface area (Å²) in [7, 11) is 0. The number of hydrogen-bond acceptors (Lipinski definition) is 4. The number of amides is 1. The third kappa shape index (κ3) is 4.91. The molecule has 4 nitrogen and oxygen atoms in total. The van der Waals surface area contributed by atoms with Crippen LogP contribution in [0.4, 0.5) is 18.9 Å². The number of halogens is 6.